The number of ether oxygens (including phenoxy) is 1. The molecule has 2 aliphatic heterocycles. The summed E-state index contributed by atoms with van der Waals surface area (Å²) < 4.78 is 5.60. The summed E-state index contributed by atoms with van der Waals surface area (Å²) in [5.41, 5.74) is 0.388. The molecular formula is C14H28N2O. The van der Waals surface area contributed by atoms with Crippen molar-refractivity contribution >= 4 is 0 Å². The molecule has 0 aromatic rings. The Bertz CT molecular complexity index is 238. The average Bonchev–Trinajstić information content (AvgIpc) is 2.81. The van der Waals surface area contributed by atoms with Crippen molar-refractivity contribution in [2.24, 2.45) is 5.92 Å². The first-order valence-corrected chi connectivity index (χ1v) is 7.19. The summed E-state index contributed by atoms with van der Waals surface area (Å²) in [6.07, 6.45) is 5.63. The molecule has 2 fully saturated rings. The Morgan fingerprint density at radius 3 is 2.88 bits per heavy atom. The van der Waals surface area contributed by atoms with E-state index in [2.05, 4.69) is 24.1 Å². The molecule has 0 aliphatic carbocycles. The number of methoxy groups -OCH3 is 1. The highest BCUT2D eigenvalue weighted by Crippen LogP contribution is 2.27. The number of likely N-dealkylation sites (tertiary alicyclic amines) is 1. The number of nitrogens with one attached hydrogen (secondary N) is 1. The van der Waals surface area contributed by atoms with Crippen LogP contribution >= 0.6 is 0 Å². The number of piperidine rings is 1. The van der Waals surface area contributed by atoms with Crippen LogP contribution in [-0.2, 0) is 4.74 Å². The fraction of sp³-hybridized carbons (Fsp3) is 1.00. The van der Waals surface area contributed by atoms with Gasteiger partial charge < -0.3 is 10.1 Å². The Morgan fingerprint density at radius 2 is 2.29 bits per heavy atom. The summed E-state index contributed by atoms with van der Waals surface area (Å²) in [7, 11) is 1.86. The van der Waals surface area contributed by atoms with Gasteiger partial charge >= 0.3 is 0 Å². The van der Waals surface area contributed by atoms with E-state index >= 15 is 0 Å². The first-order valence-electron chi connectivity index (χ1n) is 7.19. The van der Waals surface area contributed by atoms with Crippen LogP contribution < -0.4 is 5.32 Å². The largest absolute Gasteiger partial charge is 0.380 e. The minimum absolute atomic E-state index is 0.388. The third-order valence-corrected chi connectivity index (χ3v) is 4.81. The van der Waals surface area contributed by atoms with Crippen LogP contribution in [0.25, 0.3) is 0 Å². The Morgan fingerprint density at radius 1 is 1.47 bits per heavy atom. The maximum absolute atomic E-state index is 5.60. The third kappa shape index (κ3) is 3.01. The Labute approximate surface area is 106 Å². The van der Waals surface area contributed by atoms with E-state index in [1.165, 1.54) is 45.3 Å². The van der Waals surface area contributed by atoms with E-state index in [1.54, 1.807) is 0 Å². The SMILES string of the molecule is CCC1(CN2CCC(C)C(OC)C2)CCCN1. The lowest BCUT2D eigenvalue weighted by Gasteiger charge is -2.41. The van der Waals surface area contributed by atoms with Crippen molar-refractivity contribution in [2.75, 3.05) is 33.3 Å². The second-order valence-corrected chi connectivity index (χ2v) is 5.94. The molecule has 17 heavy (non-hydrogen) atoms. The van der Waals surface area contributed by atoms with Gasteiger partial charge in [0.05, 0.1) is 6.10 Å². The van der Waals surface area contributed by atoms with E-state index in [1.807, 2.05) is 7.11 Å². The van der Waals surface area contributed by atoms with Crippen molar-refractivity contribution < 1.29 is 4.74 Å². The fourth-order valence-corrected chi connectivity index (χ4v) is 3.39. The van der Waals surface area contributed by atoms with Crippen molar-refractivity contribution in [1.29, 1.82) is 0 Å². The fourth-order valence-electron chi connectivity index (χ4n) is 3.39. The molecule has 0 aromatic heterocycles. The zero-order valence-electron chi connectivity index (χ0n) is 11.7. The summed E-state index contributed by atoms with van der Waals surface area (Å²) in [5.74, 6) is 0.713. The smallest absolute Gasteiger partial charge is 0.0724 e. The molecule has 0 radical (unpaired) electrons. The standard InChI is InChI=1S/C14H28N2O/c1-4-14(7-5-8-15-14)11-16-9-6-12(2)13(10-16)17-3/h12-13,15H,4-11H2,1-3H3. The van der Waals surface area contributed by atoms with Gasteiger partial charge in [0.1, 0.15) is 0 Å². The van der Waals surface area contributed by atoms with Crippen LogP contribution in [0.5, 0.6) is 0 Å². The predicted molar refractivity (Wildman–Crippen MR) is 71.3 cm³/mol. The zero-order valence-corrected chi connectivity index (χ0v) is 11.7. The van der Waals surface area contributed by atoms with Gasteiger partial charge in [0.25, 0.3) is 0 Å². The van der Waals surface area contributed by atoms with Crippen molar-refractivity contribution in [3.05, 3.63) is 0 Å². The van der Waals surface area contributed by atoms with Gasteiger partial charge in [-0.1, -0.05) is 13.8 Å². The number of hydrogen-bond donors (Lipinski definition) is 1. The first kappa shape index (κ1) is 13.3. The molecule has 1 N–H and O–H groups in total. The summed E-state index contributed by atoms with van der Waals surface area (Å²) in [6.45, 7) is 9.39. The molecule has 2 aliphatic rings. The second kappa shape index (κ2) is 5.68. The van der Waals surface area contributed by atoms with Crippen molar-refractivity contribution in [3.63, 3.8) is 0 Å². The topological polar surface area (TPSA) is 24.5 Å². The van der Waals surface area contributed by atoms with Gasteiger partial charge in [-0.05, 0) is 44.7 Å². The van der Waals surface area contributed by atoms with Gasteiger partial charge in [0.2, 0.25) is 0 Å². The highest BCUT2D eigenvalue weighted by Gasteiger charge is 2.35. The Balaban J connectivity index is 1.90. The minimum atomic E-state index is 0.388. The van der Waals surface area contributed by atoms with E-state index in [9.17, 15) is 0 Å². The van der Waals surface area contributed by atoms with Crippen LogP contribution in [0.15, 0.2) is 0 Å². The zero-order chi connectivity index (χ0) is 12.3. The molecule has 3 nitrogen and oxygen atoms in total. The molecule has 0 bridgehead atoms. The minimum Gasteiger partial charge on any atom is -0.380 e. The molecule has 0 amide bonds. The Kier molecular flexibility index (Phi) is 4.45. The summed E-state index contributed by atoms with van der Waals surface area (Å²) in [4.78, 5) is 2.61. The summed E-state index contributed by atoms with van der Waals surface area (Å²) >= 11 is 0. The molecule has 0 aromatic carbocycles. The Hall–Kier alpha value is -0.120. The highest BCUT2D eigenvalue weighted by molar-refractivity contribution is 4.95. The molecular weight excluding hydrogens is 212 g/mol. The van der Waals surface area contributed by atoms with Crippen LogP contribution in [0.3, 0.4) is 0 Å². The van der Waals surface area contributed by atoms with Crippen LogP contribution in [0.1, 0.15) is 39.5 Å². The van der Waals surface area contributed by atoms with E-state index in [0.717, 1.165) is 6.54 Å². The van der Waals surface area contributed by atoms with E-state index < -0.39 is 0 Å². The lowest BCUT2D eigenvalue weighted by Crippen LogP contribution is -2.54. The lowest BCUT2D eigenvalue weighted by molar-refractivity contribution is -0.0125. The van der Waals surface area contributed by atoms with E-state index in [-0.39, 0.29) is 0 Å². The van der Waals surface area contributed by atoms with Crippen LogP contribution in [0, 0.1) is 5.92 Å². The molecule has 2 heterocycles. The molecule has 3 unspecified atom stereocenters. The van der Waals surface area contributed by atoms with Crippen LogP contribution in [0.2, 0.25) is 0 Å². The molecule has 0 spiro atoms. The lowest BCUT2D eigenvalue weighted by atomic mass is 9.90. The molecule has 2 saturated heterocycles. The van der Waals surface area contributed by atoms with Gasteiger partial charge in [-0.25, -0.2) is 0 Å². The van der Waals surface area contributed by atoms with Crippen LogP contribution in [-0.4, -0.2) is 49.8 Å². The maximum Gasteiger partial charge on any atom is 0.0724 e. The molecule has 0 saturated carbocycles. The highest BCUT2D eigenvalue weighted by atomic mass is 16.5. The maximum atomic E-state index is 5.60. The van der Waals surface area contributed by atoms with E-state index in [0.29, 0.717) is 17.6 Å². The number of nitrogens with zero attached hydrogens (tertiary/aromatic N) is 1. The third-order valence-electron chi connectivity index (χ3n) is 4.81. The monoisotopic (exact) mass is 240 g/mol. The molecule has 2 rings (SSSR count). The molecule has 3 heteroatoms. The quantitative estimate of drug-likeness (QED) is 0.812. The van der Waals surface area contributed by atoms with Crippen molar-refractivity contribution in [2.45, 2.75) is 51.2 Å². The summed E-state index contributed by atoms with van der Waals surface area (Å²) in [6, 6.07) is 0. The van der Waals surface area contributed by atoms with E-state index in [4.69, 9.17) is 4.74 Å². The predicted octanol–water partition coefficient (Wildman–Crippen LogP) is 1.88. The number of rotatable bonds is 4. The van der Waals surface area contributed by atoms with Gasteiger partial charge in [-0.3, -0.25) is 4.90 Å². The van der Waals surface area contributed by atoms with Crippen molar-refractivity contribution in [1.82, 2.24) is 10.2 Å². The van der Waals surface area contributed by atoms with Crippen LogP contribution in [0.4, 0.5) is 0 Å². The normalized spacial score (nSPS) is 39.7. The van der Waals surface area contributed by atoms with Gasteiger partial charge in [-0.2, -0.15) is 0 Å². The van der Waals surface area contributed by atoms with Gasteiger partial charge in [0.15, 0.2) is 0 Å². The van der Waals surface area contributed by atoms with Gasteiger partial charge in [0, 0.05) is 25.7 Å². The number of hydrogen-bond acceptors (Lipinski definition) is 3. The first-order chi connectivity index (χ1) is 8.19. The van der Waals surface area contributed by atoms with Crippen molar-refractivity contribution in [3.8, 4) is 0 Å². The summed E-state index contributed by atoms with van der Waals surface area (Å²) in [5, 5.41) is 3.73. The molecule has 100 valence electrons. The second-order valence-electron chi connectivity index (χ2n) is 5.94. The van der Waals surface area contributed by atoms with Gasteiger partial charge in [-0.15, -0.1) is 0 Å². The average molecular weight is 240 g/mol. The molecule has 3 atom stereocenters.